The number of amidine groups is 1. The fourth-order valence-corrected chi connectivity index (χ4v) is 5.20. The summed E-state index contributed by atoms with van der Waals surface area (Å²) in [5.41, 5.74) is 2.75. The number of carbonyl (C=O) groups is 1. The van der Waals surface area contributed by atoms with Crippen molar-refractivity contribution >= 4 is 81.0 Å². The Balaban J connectivity index is 1.64. The quantitative estimate of drug-likeness (QED) is 0.207. The number of ether oxygens (including phenoxy) is 1. The highest BCUT2D eigenvalue weighted by Gasteiger charge is 2.40. The van der Waals surface area contributed by atoms with E-state index in [9.17, 15) is 4.79 Å². The van der Waals surface area contributed by atoms with Crippen molar-refractivity contribution in [1.29, 1.82) is 0 Å². The molecule has 0 saturated heterocycles. The molecule has 4 aromatic rings. The molecule has 0 unspecified atom stereocenters. The van der Waals surface area contributed by atoms with Gasteiger partial charge in [0.15, 0.2) is 17.8 Å². The van der Waals surface area contributed by atoms with E-state index < -0.39 is 6.17 Å². The average molecular weight is 620 g/mol. The molecule has 0 amide bonds. The summed E-state index contributed by atoms with van der Waals surface area (Å²) in [6.07, 6.45) is -0.625. The predicted octanol–water partition coefficient (Wildman–Crippen LogP) is 9.46. The molecule has 0 aromatic heterocycles. The summed E-state index contributed by atoms with van der Waals surface area (Å²) >= 11 is 31.6. The van der Waals surface area contributed by atoms with Crippen LogP contribution in [0.3, 0.4) is 0 Å². The first-order chi connectivity index (χ1) is 18.7. The Hall–Kier alpha value is -2.93. The van der Waals surface area contributed by atoms with Gasteiger partial charge in [0.1, 0.15) is 12.4 Å². The highest BCUT2D eigenvalue weighted by atomic mass is 35.5. The number of halogens is 5. The number of hydrazone groups is 1. The van der Waals surface area contributed by atoms with Crippen LogP contribution in [0, 0.1) is 0 Å². The Bertz CT molecular complexity index is 1560. The van der Waals surface area contributed by atoms with Crippen molar-refractivity contribution < 1.29 is 9.53 Å². The summed E-state index contributed by atoms with van der Waals surface area (Å²) in [6.45, 7) is 1.60. The lowest BCUT2D eigenvalue weighted by molar-refractivity contribution is -0.111. The molecule has 0 bridgehead atoms. The third-order valence-electron chi connectivity index (χ3n) is 6.13. The normalized spacial score (nSPS) is 14.9. The minimum Gasteiger partial charge on any atom is -0.488 e. The number of carbonyl (C=O) groups excluding carboxylic acids is 1. The first-order valence-electron chi connectivity index (χ1n) is 11.8. The van der Waals surface area contributed by atoms with E-state index in [1.54, 1.807) is 53.5 Å². The average Bonchev–Trinajstić information content (AvgIpc) is 3.31. The minimum atomic E-state index is -0.625. The van der Waals surface area contributed by atoms with Crippen molar-refractivity contribution in [1.82, 2.24) is 0 Å². The zero-order valence-electron chi connectivity index (χ0n) is 20.4. The zero-order chi connectivity index (χ0) is 27.7. The molecule has 10 heteroatoms. The van der Waals surface area contributed by atoms with Gasteiger partial charge in [-0.1, -0.05) is 82.3 Å². The third-order valence-corrected chi connectivity index (χ3v) is 7.82. The fraction of sp³-hybridized carbons (Fsp3) is 0.103. The Labute approximate surface area is 251 Å². The van der Waals surface area contributed by atoms with Gasteiger partial charge in [0.2, 0.25) is 0 Å². The van der Waals surface area contributed by atoms with Gasteiger partial charge in [-0.2, -0.15) is 0 Å². The van der Waals surface area contributed by atoms with Gasteiger partial charge in [-0.3, -0.25) is 9.69 Å². The molecule has 5 rings (SSSR count). The molecule has 1 aliphatic rings. The van der Waals surface area contributed by atoms with Gasteiger partial charge in [-0.25, -0.2) is 5.01 Å². The van der Waals surface area contributed by atoms with E-state index in [0.717, 1.165) is 11.3 Å². The number of para-hydroxylation sites is 1. The SMILES string of the molecule is CC(=O)C1=NN(c2ccc(Cl)cc2)[C@@H](c2ccccc2OCc2c(Cl)cccc2Cl)N1c1ccc(Cl)c(Cl)c1. The maximum absolute atomic E-state index is 12.9. The van der Waals surface area contributed by atoms with Gasteiger partial charge in [-0.05, 0) is 60.7 Å². The summed E-state index contributed by atoms with van der Waals surface area (Å²) in [5, 5.41) is 8.83. The Kier molecular flexibility index (Phi) is 8.27. The van der Waals surface area contributed by atoms with Crippen molar-refractivity contribution in [2.45, 2.75) is 19.7 Å². The third kappa shape index (κ3) is 5.69. The lowest BCUT2D eigenvalue weighted by Gasteiger charge is -2.33. The van der Waals surface area contributed by atoms with Crippen LogP contribution in [0.1, 0.15) is 24.2 Å². The van der Waals surface area contributed by atoms with Crippen molar-refractivity contribution in [3.8, 4) is 5.75 Å². The molecule has 5 nitrogen and oxygen atoms in total. The maximum Gasteiger partial charge on any atom is 0.198 e. The summed E-state index contributed by atoms with van der Waals surface area (Å²) in [6, 6.07) is 25.2. The highest BCUT2D eigenvalue weighted by molar-refractivity contribution is 6.45. The van der Waals surface area contributed by atoms with Crippen LogP contribution < -0.4 is 14.6 Å². The van der Waals surface area contributed by atoms with Gasteiger partial charge < -0.3 is 4.74 Å². The smallest absolute Gasteiger partial charge is 0.198 e. The second kappa shape index (κ2) is 11.7. The zero-order valence-corrected chi connectivity index (χ0v) is 24.2. The first kappa shape index (κ1) is 27.6. The van der Waals surface area contributed by atoms with Crippen molar-refractivity contribution in [2.75, 3.05) is 9.91 Å². The van der Waals surface area contributed by atoms with E-state index in [1.807, 2.05) is 41.3 Å². The van der Waals surface area contributed by atoms with Gasteiger partial charge in [0.25, 0.3) is 0 Å². The number of nitrogens with zero attached hydrogens (tertiary/aromatic N) is 3. The van der Waals surface area contributed by atoms with Crippen LogP contribution in [-0.2, 0) is 11.4 Å². The molecule has 1 aliphatic heterocycles. The van der Waals surface area contributed by atoms with Crippen molar-refractivity contribution in [2.24, 2.45) is 5.10 Å². The number of hydrogen-bond donors (Lipinski definition) is 0. The van der Waals surface area contributed by atoms with Crippen LogP contribution in [0.5, 0.6) is 5.75 Å². The van der Waals surface area contributed by atoms with Gasteiger partial charge in [-0.15, -0.1) is 5.10 Å². The van der Waals surface area contributed by atoms with E-state index in [1.165, 1.54) is 6.92 Å². The molecule has 0 radical (unpaired) electrons. The molecule has 1 heterocycles. The van der Waals surface area contributed by atoms with E-state index in [0.29, 0.717) is 42.1 Å². The van der Waals surface area contributed by atoms with Crippen LogP contribution in [0.4, 0.5) is 11.4 Å². The fourth-order valence-electron chi connectivity index (χ4n) is 4.28. The molecule has 0 spiro atoms. The Morgan fingerprint density at radius 2 is 1.46 bits per heavy atom. The van der Waals surface area contributed by atoms with E-state index >= 15 is 0 Å². The molecule has 0 saturated carbocycles. The number of rotatable bonds is 7. The minimum absolute atomic E-state index is 0.135. The first-order valence-corrected chi connectivity index (χ1v) is 13.7. The Morgan fingerprint density at radius 1 is 0.795 bits per heavy atom. The second-order valence-corrected chi connectivity index (χ2v) is 10.7. The topological polar surface area (TPSA) is 45.1 Å². The standard InChI is InChI=1S/C29H20Cl5N3O2/c1-17(38)28-35-37(19-11-9-18(30)10-12-19)29(36(28)20-13-14-25(33)26(34)15-20)21-5-2-3-8-27(21)39-16-22-23(31)6-4-7-24(22)32/h2-15,29H,16H2,1H3/t29-/m0/s1. The highest BCUT2D eigenvalue weighted by Crippen LogP contribution is 2.43. The molecule has 0 N–H and O–H groups in total. The summed E-state index contributed by atoms with van der Waals surface area (Å²) in [5.74, 6) is 0.545. The van der Waals surface area contributed by atoms with Crippen molar-refractivity contribution in [3.05, 3.63) is 121 Å². The summed E-state index contributed by atoms with van der Waals surface area (Å²) in [4.78, 5) is 14.7. The molecule has 0 fully saturated rings. The molecular weight excluding hydrogens is 600 g/mol. The number of Topliss-reactive ketones (excluding diaryl/α,β-unsaturated/α-hetero) is 1. The summed E-state index contributed by atoms with van der Waals surface area (Å²) < 4.78 is 6.30. The second-order valence-electron chi connectivity index (χ2n) is 8.67. The van der Waals surface area contributed by atoms with Crippen LogP contribution >= 0.6 is 58.0 Å². The molecule has 0 aliphatic carbocycles. The van der Waals surface area contributed by atoms with Gasteiger partial charge in [0.05, 0.1) is 15.7 Å². The van der Waals surface area contributed by atoms with Crippen LogP contribution in [0.25, 0.3) is 0 Å². The van der Waals surface area contributed by atoms with E-state index in [4.69, 9.17) is 67.8 Å². The van der Waals surface area contributed by atoms with Gasteiger partial charge in [0, 0.05) is 38.8 Å². The van der Waals surface area contributed by atoms with Crippen LogP contribution in [0.15, 0.2) is 90.0 Å². The molecular formula is C29H20Cl5N3O2. The Morgan fingerprint density at radius 3 is 2.13 bits per heavy atom. The molecule has 4 aromatic carbocycles. The van der Waals surface area contributed by atoms with E-state index in [2.05, 4.69) is 0 Å². The van der Waals surface area contributed by atoms with Gasteiger partial charge >= 0.3 is 0 Å². The largest absolute Gasteiger partial charge is 0.488 e. The maximum atomic E-state index is 12.9. The number of benzene rings is 4. The lowest BCUT2D eigenvalue weighted by Crippen LogP contribution is -2.38. The van der Waals surface area contributed by atoms with Crippen molar-refractivity contribution in [3.63, 3.8) is 0 Å². The van der Waals surface area contributed by atoms with Crippen LogP contribution in [-0.4, -0.2) is 11.6 Å². The van der Waals surface area contributed by atoms with E-state index in [-0.39, 0.29) is 18.2 Å². The summed E-state index contributed by atoms with van der Waals surface area (Å²) in [7, 11) is 0. The monoisotopic (exact) mass is 617 g/mol. The lowest BCUT2D eigenvalue weighted by atomic mass is 10.1. The number of ketones is 1. The number of anilines is 2. The van der Waals surface area contributed by atoms with Crippen LogP contribution in [0.2, 0.25) is 25.1 Å². The molecule has 198 valence electrons. The number of hydrogen-bond acceptors (Lipinski definition) is 5. The predicted molar refractivity (Wildman–Crippen MR) is 161 cm³/mol. The molecule has 1 atom stereocenters. The molecule has 39 heavy (non-hydrogen) atoms.